The van der Waals surface area contributed by atoms with Crippen LogP contribution in [0.3, 0.4) is 0 Å². The Bertz CT molecular complexity index is 837. The van der Waals surface area contributed by atoms with Gasteiger partial charge in [-0.25, -0.2) is 0 Å². The minimum atomic E-state index is -0.221. The van der Waals surface area contributed by atoms with E-state index in [4.69, 9.17) is 11.6 Å². The molecule has 20 heavy (non-hydrogen) atoms. The number of aromatic nitrogens is 2. The summed E-state index contributed by atoms with van der Waals surface area (Å²) in [5.41, 5.74) is 1.75. The first-order chi connectivity index (χ1) is 9.61. The quantitative estimate of drug-likeness (QED) is 0.790. The molecule has 0 aliphatic rings. The molecular weight excluding hydrogens is 296 g/mol. The van der Waals surface area contributed by atoms with Gasteiger partial charge in [0.2, 0.25) is 5.88 Å². The van der Waals surface area contributed by atoms with Gasteiger partial charge in [-0.05, 0) is 24.1 Å². The highest BCUT2D eigenvalue weighted by atomic mass is 35.5. The standard InChI is InChI=1S/C14H11ClN2O2S/c1-2-10-12(18)16-14-17(13(10)19)11(7-20-14)8-3-5-9(15)6-4-8/h3-7,18H,2H2,1H3. The molecule has 3 aromatic rings. The van der Waals surface area contributed by atoms with E-state index < -0.39 is 0 Å². The van der Waals surface area contributed by atoms with Crippen molar-refractivity contribution in [3.8, 4) is 17.1 Å². The van der Waals surface area contributed by atoms with Crippen molar-refractivity contribution in [1.82, 2.24) is 9.38 Å². The van der Waals surface area contributed by atoms with Crippen molar-refractivity contribution < 1.29 is 5.11 Å². The number of hydrogen-bond acceptors (Lipinski definition) is 4. The third kappa shape index (κ3) is 1.99. The van der Waals surface area contributed by atoms with Crippen LogP contribution in [0.2, 0.25) is 5.02 Å². The highest BCUT2D eigenvalue weighted by molar-refractivity contribution is 7.15. The largest absolute Gasteiger partial charge is 0.493 e. The minimum absolute atomic E-state index is 0.179. The van der Waals surface area contributed by atoms with Crippen LogP contribution in [0.4, 0.5) is 0 Å². The molecule has 0 bridgehead atoms. The van der Waals surface area contributed by atoms with Crippen molar-refractivity contribution >= 4 is 27.9 Å². The van der Waals surface area contributed by atoms with Crippen molar-refractivity contribution in [2.45, 2.75) is 13.3 Å². The van der Waals surface area contributed by atoms with Gasteiger partial charge in [0.05, 0.1) is 11.3 Å². The average Bonchev–Trinajstić information content (AvgIpc) is 2.84. The Balaban J connectivity index is 2.33. The van der Waals surface area contributed by atoms with Crippen LogP contribution in [0.5, 0.6) is 5.88 Å². The maximum absolute atomic E-state index is 12.4. The predicted octanol–water partition coefficient (Wildman–Crippen LogP) is 3.34. The third-order valence-corrected chi connectivity index (χ3v) is 4.21. The second-order valence-electron chi connectivity index (χ2n) is 4.32. The molecule has 0 amide bonds. The van der Waals surface area contributed by atoms with E-state index >= 15 is 0 Å². The molecule has 1 aromatic carbocycles. The van der Waals surface area contributed by atoms with E-state index in [2.05, 4.69) is 4.98 Å². The Kier molecular flexibility index (Phi) is 3.23. The summed E-state index contributed by atoms with van der Waals surface area (Å²) in [4.78, 5) is 17.0. The minimum Gasteiger partial charge on any atom is -0.493 e. The van der Waals surface area contributed by atoms with Crippen LogP contribution >= 0.6 is 22.9 Å². The second kappa shape index (κ2) is 4.92. The van der Waals surface area contributed by atoms with Crippen molar-refractivity contribution in [3.63, 3.8) is 0 Å². The maximum Gasteiger partial charge on any atom is 0.266 e. The zero-order valence-electron chi connectivity index (χ0n) is 10.6. The molecule has 0 fully saturated rings. The predicted molar refractivity (Wildman–Crippen MR) is 80.8 cm³/mol. The summed E-state index contributed by atoms with van der Waals surface area (Å²) >= 11 is 7.20. The summed E-state index contributed by atoms with van der Waals surface area (Å²) in [5, 5.41) is 12.3. The summed E-state index contributed by atoms with van der Waals surface area (Å²) < 4.78 is 1.53. The Morgan fingerprint density at radius 2 is 2.05 bits per heavy atom. The second-order valence-corrected chi connectivity index (χ2v) is 5.59. The molecule has 1 N–H and O–H groups in total. The summed E-state index contributed by atoms with van der Waals surface area (Å²) in [7, 11) is 0. The van der Waals surface area contributed by atoms with Crippen LogP contribution in [0.1, 0.15) is 12.5 Å². The first kappa shape index (κ1) is 13.1. The fourth-order valence-corrected chi connectivity index (χ4v) is 3.12. The van der Waals surface area contributed by atoms with Crippen molar-refractivity contribution in [2.24, 2.45) is 0 Å². The molecule has 0 saturated carbocycles. The first-order valence-electron chi connectivity index (χ1n) is 6.10. The van der Waals surface area contributed by atoms with Crippen molar-refractivity contribution in [1.29, 1.82) is 0 Å². The smallest absolute Gasteiger partial charge is 0.266 e. The molecule has 0 spiro atoms. The van der Waals surface area contributed by atoms with Gasteiger partial charge >= 0.3 is 0 Å². The molecule has 0 saturated heterocycles. The molecule has 4 nitrogen and oxygen atoms in total. The third-order valence-electron chi connectivity index (χ3n) is 3.13. The van der Waals surface area contributed by atoms with Crippen LogP contribution in [-0.4, -0.2) is 14.5 Å². The molecular formula is C14H11ClN2O2S. The van der Waals surface area contributed by atoms with Crippen LogP contribution in [0.15, 0.2) is 34.4 Å². The van der Waals surface area contributed by atoms with Gasteiger partial charge in [-0.3, -0.25) is 9.20 Å². The summed E-state index contributed by atoms with van der Waals surface area (Å²) in [6, 6.07) is 7.27. The lowest BCUT2D eigenvalue weighted by molar-refractivity contribution is 0.446. The van der Waals surface area contributed by atoms with Crippen molar-refractivity contribution in [2.75, 3.05) is 0 Å². The number of aromatic hydroxyl groups is 1. The van der Waals surface area contributed by atoms with Gasteiger partial charge in [0.1, 0.15) is 0 Å². The molecule has 0 aliphatic carbocycles. The van der Waals surface area contributed by atoms with Crippen LogP contribution in [0.25, 0.3) is 16.2 Å². The molecule has 3 rings (SSSR count). The van der Waals surface area contributed by atoms with Crippen LogP contribution in [-0.2, 0) is 6.42 Å². The van der Waals surface area contributed by atoms with E-state index in [1.165, 1.54) is 15.7 Å². The molecule has 2 heterocycles. The fourth-order valence-electron chi connectivity index (χ4n) is 2.11. The fraction of sp³-hybridized carbons (Fsp3) is 0.143. The number of rotatable bonds is 2. The van der Waals surface area contributed by atoms with E-state index in [0.717, 1.165) is 11.3 Å². The first-order valence-corrected chi connectivity index (χ1v) is 7.35. The van der Waals surface area contributed by atoms with E-state index in [0.29, 0.717) is 22.0 Å². The SMILES string of the molecule is CCc1c(O)nc2scc(-c3ccc(Cl)cc3)n2c1=O. The monoisotopic (exact) mass is 306 g/mol. The molecule has 0 radical (unpaired) electrons. The van der Waals surface area contributed by atoms with Gasteiger partial charge in [0.25, 0.3) is 5.56 Å². The summed E-state index contributed by atoms with van der Waals surface area (Å²) in [6.45, 7) is 1.82. The number of nitrogens with zero attached hydrogens (tertiary/aromatic N) is 2. The van der Waals surface area contributed by atoms with E-state index in [9.17, 15) is 9.90 Å². The average molecular weight is 307 g/mol. The van der Waals surface area contributed by atoms with Gasteiger partial charge in [-0.1, -0.05) is 30.7 Å². The van der Waals surface area contributed by atoms with Gasteiger partial charge in [-0.2, -0.15) is 4.98 Å². The number of thiazole rings is 1. The van der Waals surface area contributed by atoms with Gasteiger partial charge in [-0.15, -0.1) is 11.3 Å². The highest BCUT2D eigenvalue weighted by Gasteiger charge is 2.15. The highest BCUT2D eigenvalue weighted by Crippen LogP contribution is 2.26. The summed E-state index contributed by atoms with van der Waals surface area (Å²) in [5.74, 6) is -0.179. The van der Waals surface area contributed by atoms with E-state index in [-0.39, 0.29) is 11.4 Å². The zero-order valence-corrected chi connectivity index (χ0v) is 12.2. The normalized spacial score (nSPS) is 11.1. The van der Waals surface area contributed by atoms with Gasteiger partial charge < -0.3 is 5.11 Å². The molecule has 0 aliphatic heterocycles. The molecule has 0 atom stereocenters. The number of fused-ring (bicyclic) bond motifs is 1. The molecule has 0 unspecified atom stereocenters. The van der Waals surface area contributed by atoms with Gasteiger partial charge in [0, 0.05) is 10.4 Å². The van der Waals surface area contributed by atoms with E-state index in [1.54, 1.807) is 12.1 Å². The molecule has 6 heteroatoms. The number of halogens is 1. The Labute approximate surface area is 123 Å². The Morgan fingerprint density at radius 1 is 1.35 bits per heavy atom. The Morgan fingerprint density at radius 3 is 2.70 bits per heavy atom. The van der Waals surface area contributed by atoms with Crippen molar-refractivity contribution in [3.05, 3.63) is 50.6 Å². The molecule has 2 aromatic heterocycles. The topological polar surface area (TPSA) is 54.6 Å². The zero-order chi connectivity index (χ0) is 14.3. The lowest BCUT2D eigenvalue weighted by Crippen LogP contribution is -2.18. The lowest BCUT2D eigenvalue weighted by Gasteiger charge is -2.04. The maximum atomic E-state index is 12.4. The van der Waals surface area contributed by atoms with Gasteiger partial charge in [0.15, 0.2) is 4.96 Å². The van der Waals surface area contributed by atoms with E-state index in [1.807, 2.05) is 24.4 Å². The van der Waals surface area contributed by atoms with Crippen LogP contribution in [0, 0.1) is 0 Å². The van der Waals surface area contributed by atoms with Crippen LogP contribution < -0.4 is 5.56 Å². The number of hydrogen-bond donors (Lipinski definition) is 1. The lowest BCUT2D eigenvalue weighted by atomic mass is 10.2. The Hall–Kier alpha value is -1.85. The number of benzene rings is 1. The molecule has 102 valence electrons. The summed E-state index contributed by atoms with van der Waals surface area (Å²) in [6.07, 6.45) is 0.441.